The van der Waals surface area contributed by atoms with Crippen molar-refractivity contribution in [3.63, 3.8) is 0 Å². The van der Waals surface area contributed by atoms with Gasteiger partial charge in [0.25, 0.3) is 5.91 Å². The van der Waals surface area contributed by atoms with E-state index in [2.05, 4.69) is 18.8 Å². The predicted molar refractivity (Wildman–Crippen MR) is 94.1 cm³/mol. The third-order valence-corrected chi connectivity index (χ3v) is 5.62. The van der Waals surface area contributed by atoms with Crippen molar-refractivity contribution in [2.45, 2.75) is 52.9 Å². The van der Waals surface area contributed by atoms with Gasteiger partial charge in [-0.3, -0.25) is 9.59 Å². The molecule has 3 heterocycles. The number of likely N-dealkylation sites (tertiary alicyclic amines) is 2. The van der Waals surface area contributed by atoms with Crippen LogP contribution in [0.3, 0.4) is 0 Å². The molecule has 0 radical (unpaired) electrons. The van der Waals surface area contributed by atoms with Gasteiger partial charge in [-0.25, -0.2) is 4.98 Å². The van der Waals surface area contributed by atoms with Crippen LogP contribution in [0.2, 0.25) is 0 Å². The van der Waals surface area contributed by atoms with Crippen LogP contribution in [0.25, 0.3) is 0 Å². The van der Waals surface area contributed by atoms with E-state index in [1.807, 2.05) is 9.80 Å². The molecule has 6 heteroatoms. The minimum atomic E-state index is -0.0454. The van der Waals surface area contributed by atoms with Gasteiger partial charge in [0.15, 0.2) is 12.1 Å². The van der Waals surface area contributed by atoms with Gasteiger partial charge in [-0.15, -0.1) is 0 Å². The highest BCUT2D eigenvalue weighted by Crippen LogP contribution is 2.39. The lowest BCUT2D eigenvalue weighted by molar-refractivity contribution is -0.139. The zero-order valence-corrected chi connectivity index (χ0v) is 15.6. The van der Waals surface area contributed by atoms with Crippen molar-refractivity contribution in [2.75, 3.05) is 26.2 Å². The maximum absolute atomic E-state index is 12.8. The molecule has 0 N–H and O–H groups in total. The average Bonchev–Trinajstić information content (AvgIpc) is 3.01. The molecule has 0 aliphatic carbocycles. The maximum Gasteiger partial charge on any atom is 0.276 e. The van der Waals surface area contributed by atoms with Crippen molar-refractivity contribution < 1.29 is 14.0 Å². The van der Waals surface area contributed by atoms with Crippen molar-refractivity contribution in [3.8, 4) is 0 Å². The fourth-order valence-corrected chi connectivity index (χ4v) is 4.09. The molecule has 2 fully saturated rings. The van der Waals surface area contributed by atoms with E-state index in [9.17, 15) is 9.59 Å². The standard InChI is InChI=1S/C19H29N3O3/c1-14(2)6-10-21-11-19(8-5-16(21)23)7-4-9-22(12-19)18(24)17-15(3)25-13-20-17/h13-14H,4-12H2,1-3H3/t19-/m0/s1. The molecule has 0 bridgehead atoms. The molecule has 2 aliphatic heterocycles. The van der Waals surface area contributed by atoms with Crippen LogP contribution in [0, 0.1) is 18.3 Å². The number of rotatable bonds is 4. The minimum absolute atomic E-state index is 0.0381. The molecule has 2 saturated heterocycles. The Bertz CT molecular complexity index is 640. The van der Waals surface area contributed by atoms with Gasteiger partial charge in [0, 0.05) is 38.0 Å². The number of carbonyl (C=O) groups is 2. The number of nitrogens with zero attached hydrogens (tertiary/aromatic N) is 3. The Labute approximate surface area is 149 Å². The van der Waals surface area contributed by atoms with Gasteiger partial charge in [0.05, 0.1) is 0 Å². The number of hydrogen-bond donors (Lipinski definition) is 0. The lowest BCUT2D eigenvalue weighted by atomic mass is 9.73. The largest absolute Gasteiger partial charge is 0.448 e. The molecule has 0 saturated carbocycles. The van der Waals surface area contributed by atoms with E-state index in [1.54, 1.807) is 6.92 Å². The van der Waals surface area contributed by atoms with Gasteiger partial charge in [-0.1, -0.05) is 13.8 Å². The molecule has 25 heavy (non-hydrogen) atoms. The van der Waals surface area contributed by atoms with E-state index < -0.39 is 0 Å². The van der Waals surface area contributed by atoms with E-state index in [1.165, 1.54) is 6.39 Å². The molecule has 1 aromatic rings. The number of piperidine rings is 2. The number of carbonyl (C=O) groups excluding carboxylic acids is 2. The maximum atomic E-state index is 12.8. The Hall–Kier alpha value is -1.85. The molecule has 2 aliphatic rings. The smallest absolute Gasteiger partial charge is 0.276 e. The van der Waals surface area contributed by atoms with Crippen LogP contribution >= 0.6 is 0 Å². The highest BCUT2D eigenvalue weighted by molar-refractivity contribution is 5.93. The van der Waals surface area contributed by atoms with Crippen molar-refractivity contribution in [2.24, 2.45) is 11.3 Å². The Kier molecular flexibility index (Phi) is 5.16. The zero-order chi connectivity index (χ0) is 18.0. The normalized spacial score (nSPS) is 24.4. The second-order valence-corrected chi connectivity index (χ2v) is 8.09. The first-order valence-corrected chi connectivity index (χ1v) is 9.37. The molecule has 138 valence electrons. The summed E-state index contributed by atoms with van der Waals surface area (Å²) >= 11 is 0. The van der Waals surface area contributed by atoms with E-state index >= 15 is 0 Å². The van der Waals surface area contributed by atoms with Crippen LogP contribution in [0.4, 0.5) is 0 Å². The number of amides is 2. The molecule has 2 amide bonds. The van der Waals surface area contributed by atoms with Crippen molar-refractivity contribution in [3.05, 3.63) is 17.8 Å². The third kappa shape index (κ3) is 3.88. The first kappa shape index (κ1) is 18.0. The van der Waals surface area contributed by atoms with Crippen molar-refractivity contribution in [1.29, 1.82) is 0 Å². The Morgan fingerprint density at radius 1 is 1.36 bits per heavy atom. The molecule has 1 atom stereocenters. The lowest BCUT2D eigenvalue weighted by Crippen LogP contribution is -2.55. The molecule has 0 unspecified atom stereocenters. The summed E-state index contributed by atoms with van der Waals surface area (Å²) < 4.78 is 5.19. The number of hydrogen-bond acceptors (Lipinski definition) is 4. The number of aryl methyl sites for hydroxylation is 1. The van der Waals surface area contributed by atoms with Gasteiger partial charge in [0.1, 0.15) is 5.76 Å². The molecule has 6 nitrogen and oxygen atoms in total. The van der Waals surface area contributed by atoms with Crippen molar-refractivity contribution >= 4 is 11.8 Å². The first-order chi connectivity index (χ1) is 11.9. The topological polar surface area (TPSA) is 66.7 Å². The van der Waals surface area contributed by atoms with E-state index in [0.29, 0.717) is 30.3 Å². The van der Waals surface area contributed by atoms with E-state index in [4.69, 9.17) is 4.42 Å². The van der Waals surface area contributed by atoms with Gasteiger partial charge >= 0.3 is 0 Å². The van der Waals surface area contributed by atoms with Crippen LogP contribution in [-0.4, -0.2) is 52.8 Å². The number of aromatic nitrogens is 1. The SMILES string of the molecule is Cc1ocnc1C(=O)N1CCC[C@@]2(CCC(=O)N(CCC(C)C)C2)C1. The summed E-state index contributed by atoms with van der Waals surface area (Å²) in [6.45, 7) is 9.22. The van der Waals surface area contributed by atoms with Crippen LogP contribution in [0.5, 0.6) is 0 Å². The second-order valence-electron chi connectivity index (χ2n) is 8.09. The van der Waals surface area contributed by atoms with Crippen LogP contribution in [0.1, 0.15) is 62.2 Å². The third-order valence-electron chi connectivity index (χ3n) is 5.62. The fourth-order valence-electron chi connectivity index (χ4n) is 4.09. The summed E-state index contributed by atoms with van der Waals surface area (Å²) in [5.74, 6) is 1.38. The monoisotopic (exact) mass is 347 g/mol. The molecule has 3 rings (SSSR count). The van der Waals surface area contributed by atoms with Gasteiger partial charge in [-0.2, -0.15) is 0 Å². The summed E-state index contributed by atoms with van der Waals surface area (Å²) in [5.41, 5.74) is 0.455. The molecular formula is C19H29N3O3. The molecule has 0 aromatic carbocycles. The summed E-state index contributed by atoms with van der Waals surface area (Å²) in [6, 6.07) is 0. The Morgan fingerprint density at radius 2 is 2.16 bits per heavy atom. The van der Waals surface area contributed by atoms with E-state index in [-0.39, 0.29) is 17.2 Å². The fraction of sp³-hybridized carbons (Fsp3) is 0.737. The highest BCUT2D eigenvalue weighted by Gasteiger charge is 2.43. The average molecular weight is 347 g/mol. The van der Waals surface area contributed by atoms with Crippen LogP contribution in [-0.2, 0) is 4.79 Å². The van der Waals surface area contributed by atoms with Crippen molar-refractivity contribution in [1.82, 2.24) is 14.8 Å². The second kappa shape index (κ2) is 7.18. The Morgan fingerprint density at radius 3 is 2.84 bits per heavy atom. The zero-order valence-electron chi connectivity index (χ0n) is 15.6. The summed E-state index contributed by atoms with van der Waals surface area (Å²) in [6.07, 6.45) is 5.90. The molecule has 1 spiro atoms. The number of oxazole rings is 1. The summed E-state index contributed by atoms with van der Waals surface area (Å²) in [4.78, 5) is 33.1. The quantitative estimate of drug-likeness (QED) is 0.840. The van der Waals surface area contributed by atoms with Gasteiger partial charge in [0.2, 0.25) is 5.91 Å². The van der Waals surface area contributed by atoms with E-state index in [0.717, 1.165) is 45.3 Å². The predicted octanol–water partition coefficient (Wildman–Crippen LogP) is 2.87. The van der Waals surface area contributed by atoms with Gasteiger partial charge in [-0.05, 0) is 38.5 Å². The van der Waals surface area contributed by atoms with Crippen LogP contribution < -0.4 is 0 Å². The Balaban J connectivity index is 1.70. The summed E-state index contributed by atoms with van der Waals surface area (Å²) in [5, 5.41) is 0. The lowest BCUT2D eigenvalue weighted by Gasteiger charge is -2.48. The molecule has 1 aromatic heterocycles. The first-order valence-electron chi connectivity index (χ1n) is 9.37. The molecular weight excluding hydrogens is 318 g/mol. The van der Waals surface area contributed by atoms with Crippen LogP contribution in [0.15, 0.2) is 10.8 Å². The minimum Gasteiger partial charge on any atom is -0.448 e. The summed E-state index contributed by atoms with van der Waals surface area (Å²) in [7, 11) is 0. The van der Waals surface area contributed by atoms with Gasteiger partial charge < -0.3 is 14.2 Å². The highest BCUT2D eigenvalue weighted by atomic mass is 16.3.